The lowest BCUT2D eigenvalue weighted by atomic mass is 9.99. The third-order valence-corrected chi connectivity index (χ3v) is 3.80. The SMILES string of the molecule is N#Cc1cccc(CN2C(=O)NC3(CCNC3)C2=O)c1. The fraction of sp³-hybridized carbons (Fsp3) is 0.357. The van der Waals surface area contributed by atoms with Crippen LogP contribution in [-0.4, -0.2) is 35.5 Å². The van der Waals surface area contributed by atoms with E-state index < -0.39 is 5.54 Å². The van der Waals surface area contributed by atoms with Crippen molar-refractivity contribution in [3.8, 4) is 6.07 Å². The molecule has 1 unspecified atom stereocenters. The summed E-state index contributed by atoms with van der Waals surface area (Å²) in [5.41, 5.74) is 0.520. The highest BCUT2D eigenvalue weighted by Crippen LogP contribution is 2.25. The van der Waals surface area contributed by atoms with Crippen molar-refractivity contribution in [1.29, 1.82) is 5.26 Å². The molecule has 0 aromatic heterocycles. The van der Waals surface area contributed by atoms with Gasteiger partial charge < -0.3 is 10.6 Å². The first-order chi connectivity index (χ1) is 9.64. The van der Waals surface area contributed by atoms with Crippen molar-refractivity contribution < 1.29 is 9.59 Å². The molecule has 3 amide bonds. The number of rotatable bonds is 2. The molecule has 2 heterocycles. The number of benzene rings is 1. The summed E-state index contributed by atoms with van der Waals surface area (Å²) >= 11 is 0. The van der Waals surface area contributed by atoms with Crippen molar-refractivity contribution in [3.63, 3.8) is 0 Å². The van der Waals surface area contributed by atoms with Gasteiger partial charge in [0.05, 0.1) is 18.2 Å². The van der Waals surface area contributed by atoms with E-state index in [-0.39, 0.29) is 18.5 Å². The van der Waals surface area contributed by atoms with Crippen molar-refractivity contribution in [2.24, 2.45) is 0 Å². The Bertz CT molecular complexity index is 614. The molecular weight excluding hydrogens is 256 g/mol. The number of nitrogens with zero attached hydrogens (tertiary/aromatic N) is 2. The first kappa shape index (κ1) is 12.6. The quantitative estimate of drug-likeness (QED) is 0.759. The van der Waals surface area contributed by atoms with Crippen LogP contribution in [0.1, 0.15) is 17.5 Å². The Balaban J connectivity index is 1.82. The number of hydrogen-bond donors (Lipinski definition) is 2. The average molecular weight is 270 g/mol. The minimum atomic E-state index is -0.774. The first-order valence-corrected chi connectivity index (χ1v) is 6.48. The van der Waals surface area contributed by atoms with Crippen LogP contribution >= 0.6 is 0 Å². The lowest BCUT2D eigenvalue weighted by Gasteiger charge is -2.19. The van der Waals surface area contributed by atoms with Gasteiger partial charge in [-0.2, -0.15) is 5.26 Å². The zero-order valence-electron chi connectivity index (χ0n) is 10.8. The van der Waals surface area contributed by atoms with Crippen LogP contribution in [0, 0.1) is 11.3 Å². The van der Waals surface area contributed by atoms with Crippen LogP contribution in [0.3, 0.4) is 0 Å². The molecule has 0 saturated carbocycles. The van der Waals surface area contributed by atoms with Crippen LogP contribution < -0.4 is 10.6 Å². The highest BCUT2D eigenvalue weighted by molar-refractivity contribution is 6.07. The molecule has 102 valence electrons. The van der Waals surface area contributed by atoms with Crippen molar-refractivity contribution >= 4 is 11.9 Å². The van der Waals surface area contributed by atoms with Gasteiger partial charge >= 0.3 is 6.03 Å². The van der Waals surface area contributed by atoms with E-state index in [2.05, 4.69) is 10.6 Å². The molecule has 3 rings (SSSR count). The van der Waals surface area contributed by atoms with Crippen LogP contribution in [0.4, 0.5) is 4.79 Å². The molecule has 0 aliphatic carbocycles. The summed E-state index contributed by atoms with van der Waals surface area (Å²) in [5, 5.41) is 14.8. The monoisotopic (exact) mass is 270 g/mol. The number of imide groups is 1. The lowest BCUT2D eigenvalue weighted by Crippen LogP contribution is -2.48. The molecular formula is C14H14N4O2. The van der Waals surface area contributed by atoms with Crippen LogP contribution in [0.15, 0.2) is 24.3 Å². The Labute approximate surface area is 116 Å². The zero-order valence-corrected chi connectivity index (χ0v) is 10.8. The van der Waals surface area contributed by atoms with Gasteiger partial charge in [-0.1, -0.05) is 12.1 Å². The van der Waals surface area contributed by atoms with Crippen LogP contribution in [0.25, 0.3) is 0 Å². The molecule has 1 spiro atoms. The minimum absolute atomic E-state index is 0.185. The molecule has 2 aliphatic heterocycles. The van der Waals surface area contributed by atoms with Crippen LogP contribution in [-0.2, 0) is 11.3 Å². The van der Waals surface area contributed by atoms with Crippen molar-refractivity contribution in [2.75, 3.05) is 13.1 Å². The highest BCUT2D eigenvalue weighted by atomic mass is 16.2. The fourth-order valence-electron chi connectivity index (χ4n) is 2.72. The van der Waals surface area contributed by atoms with E-state index in [9.17, 15) is 9.59 Å². The summed E-state index contributed by atoms with van der Waals surface area (Å²) < 4.78 is 0. The number of urea groups is 1. The Morgan fingerprint density at radius 1 is 1.40 bits per heavy atom. The molecule has 2 N–H and O–H groups in total. The summed E-state index contributed by atoms with van der Waals surface area (Å²) in [4.78, 5) is 25.7. The number of amides is 3. The second-order valence-corrected chi connectivity index (χ2v) is 5.14. The predicted molar refractivity (Wildman–Crippen MR) is 70.5 cm³/mol. The molecule has 0 bridgehead atoms. The van der Waals surface area contributed by atoms with Gasteiger partial charge in [0.15, 0.2) is 0 Å². The predicted octanol–water partition coefficient (Wildman–Crippen LogP) is 0.342. The molecule has 1 aromatic rings. The number of nitriles is 1. The van der Waals surface area contributed by atoms with E-state index in [0.29, 0.717) is 18.5 Å². The molecule has 6 nitrogen and oxygen atoms in total. The second kappa shape index (κ2) is 4.62. The molecule has 6 heteroatoms. The van der Waals surface area contributed by atoms with Crippen molar-refractivity contribution in [1.82, 2.24) is 15.5 Å². The van der Waals surface area contributed by atoms with Gasteiger partial charge in [0.1, 0.15) is 5.54 Å². The normalized spacial score (nSPS) is 25.1. The molecule has 2 saturated heterocycles. The third kappa shape index (κ3) is 1.92. The molecule has 2 fully saturated rings. The Morgan fingerprint density at radius 3 is 2.95 bits per heavy atom. The van der Waals surface area contributed by atoms with Gasteiger partial charge in [-0.15, -0.1) is 0 Å². The van der Waals surface area contributed by atoms with Crippen LogP contribution in [0.5, 0.6) is 0 Å². The van der Waals surface area contributed by atoms with Crippen molar-refractivity contribution in [3.05, 3.63) is 35.4 Å². The van der Waals surface area contributed by atoms with Crippen molar-refractivity contribution in [2.45, 2.75) is 18.5 Å². The maximum atomic E-state index is 12.4. The summed E-state index contributed by atoms with van der Waals surface area (Å²) in [6, 6.07) is 8.63. The average Bonchev–Trinajstić information content (AvgIpc) is 3.01. The van der Waals surface area contributed by atoms with E-state index in [0.717, 1.165) is 12.1 Å². The van der Waals surface area contributed by atoms with E-state index in [1.807, 2.05) is 6.07 Å². The van der Waals surface area contributed by atoms with Gasteiger partial charge in [0.2, 0.25) is 0 Å². The molecule has 1 atom stereocenters. The van der Waals surface area contributed by atoms with E-state index >= 15 is 0 Å². The van der Waals surface area contributed by atoms with E-state index in [1.54, 1.807) is 24.3 Å². The molecule has 20 heavy (non-hydrogen) atoms. The van der Waals surface area contributed by atoms with E-state index in [1.165, 1.54) is 4.90 Å². The topological polar surface area (TPSA) is 85.2 Å². The molecule has 2 aliphatic rings. The summed E-state index contributed by atoms with van der Waals surface area (Å²) in [5.74, 6) is -0.185. The summed E-state index contributed by atoms with van der Waals surface area (Å²) in [7, 11) is 0. The number of nitrogens with one attached hydrogen (secondary N) is 2. The summed E-state index contributed by atoms with van der Waals surface area (Å²) in [6.07, 6.45) is 0.617. The lowest BCUT2D eigenvalue weighted by molar-refractivity contribution is -0.131. The smallest absolute Gasteiger partial charge is 0.322 e. The van der Waals surface area contributed by atoms with Gasteiger partial charge in [-0.25, -0.2) is 4.79 Å². The largest absolute Gasteiger partial charge is 0.325 e. The fourth-order valence-corrected chi connectivity index (χ4v) is 2.72. The third-order valence-electron chi connectivity index (χ3n) is 3.80. The maximum absolute atomic E-state index is 12.4. The molecule has 0 radical (unpaired) electrons. The van der Waals surface area contributed by atoms with Gasteiger partial charge in [0, 0.05) is 6.54 Å². The van der Waals surface area contributed by atoms with Gasteiger partial charge in [-0.05, 0) is 30.7 Å². The second-order valence-electron chi connectivity index (χ2n) is 5.14. The highest BCUT2D eigenvalue weighted by Gasteiger charge is 2.52. The Morgan fingerprint density at radius 2 is 2.25 bits per heavy atom. The summed E-state index contributed by atoms with van der Waals surface area (Å²) in [6.45, 7) is 1.40. The number of carbonyl (C=O) groups is 2. The van der Waals surface area contributed by atoms with E-state index in [4.69, 9.17) is 5.26 Å². The first-order valence-electron chi connectivity index (χ1n) is 6.48. The Kier molecular flexibility index (Phi) is 2.92. The number of carbonyl (C=O) groups excluding carboxylic acids is 2. The molecule has 1 aromatic carbocycles. The van der Waals surface area contributed by atoms with Gasteiger partial charge in [0.25, 0.3) is 5.91 Å². The Hall–Kier alpha value is -2.39. The van der Waals surface area contributed by atoms with Gasteiger partial charge in [-0.3, -0.25) is 9.69 Å². The minimum Gasteiger partial charge on any atom is -0.322 e. The maximum Gasteiger partial charge on any atom is 0.325 e. The zero-order chi connectivity index (χ0) is 14.2. The number of hydrogen-bond acceptors (Lipinski definition) is 4. The van der Waals surface area contributed by atoms with Crippen LogP contribution in [0.2, 0.25) is 0 Å². The standard InChI is InChI=1S/C14H14N4O2/c15-7-10-2-1-3-11(6-10)8-18-12(19)14(17-13(18)20)4-5-16-9-14/h1-3,6,16H,4-5,8-9H2,(H,17,20).